The number of ether oxygens (including phenoxy) is 1. The molecular weight excluding hydrogens is 218 g/mol. The standard InChI is InChI=1S/C11H11N5O/c12-9-8(6-13-14-9)11-16-15-10(17-11)7-4-2-1-3-5-7/h1-5,10-11H,6,12H2/t10-,11-/m1/s1. The first-order valence-electron chi connectivity index (χ1n) is 5.31. The van der Waals surface area contributed by atoms with E-state index >= 15 is 0 Å². The van der Waals surface area contributed by atoms with Gasteiger partial charge in [0.15, 0.2) is 18.3 Å². The first kappa shape index (κ1) is 10.1. The minimum Gasteiger partial charge on any atom is -0.382 e. The third-order valence-electron chi connectivity index (χ3n) is 2.67. The fourth-order valence-corrected chi connectivity index (χ4v) is 1.75. The maximum Gasteiger partial charge on any atom is 0.199 e. The van der Waals surface area contributed by atoms with Gasteiger partial charge < -0.3 is 10.5 Å². The van der Waals surface area contributed by atoms with E-state index in [2.05, 4.69) is 20.5 Å². The van der Waals surface area contributed by atoms with Gasteiger partial charge in [-0.05, 0) is 0 Å². The van der Waals surface area contributed by atoms with Gasteiger partial charge in [-0.1, -0.05) is 30.3 Å². The third kappa shape index (κ3) is 1.83. The summed E-state index contributed by atoms with van der Waals surface area (Å²) in [5.74, 6) is 0.391. The van der Waals surface area contributed by atoms with Crippen molar-refractivity contribution in [2.45, 2.75) is 12.5 Å². The highest BCUT2D eigenvalue weighted by molar-refractivity contribution is 5.22. The van der Waals surface area contributed by atoms with Gasteiger partial charge >= 0.3 is 0 Å². The van der Waals surface area contributed by atoms with Crippen LogP contribution in [-0.2, 0) is 4.74 Å². The van der Waals surface area contributed by atoms with Gasteiger partial charge in [0, 0.05) is 11.1 Å². The van der Waals surface area contributed by atoms with E-state index in [1.54, 1.807) is 0 Å². The quantitative estimate of drug-likeness (QED) is 0.842. The number of hydrogen-bond acceptors (Lipinski definition) is 6. The number of nitrogens with two attached hydrogens (primary N) is 1. The average Bonchev–Trinajstić information content (AvgIpc) is 2.98. The number of benzene rings is 1. The highest BCUT2D eigenvalue weighted by Gasteiger charge is 2.29. The summed E-state index contributed by atoms with van der Waals surface area (Å²) < 4.78 is 5.71. The minimum atomic E-state index is -0.449. The zero-order valence-corrected chi connectivity index (χ0v) is 9.02. The number of hydrogen-bond donors (Lipinski definition) is 1. The Hall–Kier alpha value is -2.08. The molecule has 2 atom stereocenters. The van der Waals surface area contributed by atoms with Gasteiger partial charge in [0.25, 0.3) is 0 Å². The molecule has 86 valence electrons. The van der Waals surface area contributed by atoms with Crippen LogP contribution in [0.3, 0.4) is 0 Å². The normalized spacial score (nSPS) is 27.1. The Kier molecular flexibility index (Phi) is 2.41. The molecule has 2 aliphatic heterocycles. The summed E-state index contributed by atoms with van der Waals surface area (Å²) >= 11 is 0. The minimum absolute atomic E-state index is 0.359. The fourth-order valence-electron chi connectivity index (χ4n) is 1.75. The number of rotatable bonds is 2. The van der Waals surface area contributed by atoms with E-state index in [4.69, 9.17) is 10.5 Å². The monoisotopic (exact) mass is 229 g/mol. The maximum absolute atomic E-state index is 5.71. The summed E-state index contributed by atoms with van der Waals surface area (Å²) in [4.78, 5) is 0. The molecule has 2 heterocycles. The predicted octanol–water partition coefficient (Wildman–Crippen LogP) is 2.13. The lowest BCUT2D eigenvalue weighted by Crippen LogP contribution is -2.14. The van der Waals surface area contributed by atoms with E-state index in [1.807, 2.05) is 30.3 Å². The summed E-state index contributed by atoms with van der Waals surface area (Å²) in [5, 5.41) is 15.8. The third-order valence-corrected chi connectivity index (χ3v) is 2.67. The largest absolute Gasteiger partial charge is 0.382 e. The zero-order valence-electron chi connectivity index (χ0n) is 9.02. The molecule has 0 radical (unpaired) electrons. The van der Waals surface area contributed by atoms with Crippen molar-refractivity contribution in [1.82, 2.24) is 0 Å². The van der Waals surface area contributed by atoms with Gasteiger partial charge in [-0.15, -0.1) is 5.11 Å². The molecule has 2 N–H and O–H groups in total. The van der Waals surface area contributed by atoms with Crippen LogP contribution in [-0.4, -0.2) is 12.8 Å². The molecule has 6 nitrogen and oxygen atoms in total. The van der Waals surface area contributed by atoms with E-state index in [0.717, 1.165) is 11.1 Å². The summed E-state index contributed by atoms with van der Waals surface area (Å²) in [5.41, 5.74) is 7.44. The summed E-state index contributed by atoms with van der Waals surface area (Å²) in [6.45, 7) is 0.441. The molecule has 0 unspecified atom stereocenters. The lowest BCUT2D eigenvalue weighted by Gasteiger charge is -2.10. The Labute approximate surface area is 97.9 Å². The van der Waals surface area contributed by atoms with Crippen LogP contribution < -0.4 is 5.73 Å². The highest BCUT2D eigenvalue weighted by atomic mass is 16.5. The molecule has 0 saturated heterocycles. The Morgan fingerprint density at radius 2 is 1.88 bits per heavy atom. The fraction of sp³-hybridized carbons (Fsp3) is 0.273. The topological polar surface area (TPSA) is 84.7 Å². The van der Waals surface area contributed by atoms with Crippen LogP contribution in [0.1, 0.15) is 11.8 Å². The second-order valence-corrected chi connectivity index (χ2v) is 3.79. The van der Waals surface area contributed by atoms with Crippen LogP contribution in [0, 0.1) is 0 Å². The van der Waals surface area contributed by atoms with Crippen molar-refractivity contribution in [3.05, 3.63) is 47.3 Å². The van der Waals surface area contributed by atoms with Crippen LogP contribution in [0.15, 0.2) is 62.2 Å². The van der Waals surface area contributed by atoms with E-state index in [-0.39, 0.29) is 6.23 Å². The van der Waals surface area contributed by atoms with Crippen molar-refractivity contribution in [2.24, 2.45) is 26.2 Å². The van der Waals surface area contributed by atoms with Gasteiger partial charge in [-0.25, -0.2) is 0 Å². The molecule has 1 aromatic rings. The Morgan fingerprint density at radius 1 is 1.12 bits per heavy atom. The molecule has 0 aromatic heterocycles. The lowest BCUT2D eigenvalue weighted by molar-refractivity contribution is 0.0531. The molecule has 0 spiro atoms. The van der Waals surface area contributed by atoms with E-state index in [0.29, 0.717) is 12.4 Å². The summed E-state index contributed by atoms with van der Waals surface area (Å²) in [7, 11) is 0. The van der Waals surface area contributed by atoms with Gasteiger partial charge in [0.05, 0.1) is 6.54 Å². The van der Waals surface area contributed by atoms with Gasteiger partial charge in [-0.2, -0.15) is 15.3 Å². The molecule has 3 rings (SSSR count). The van der Waals surface area contributed by atoms with Crippen molar-refractivity contribution in [3.8, 4) is 0 Å². The zero-order chi connectivity index (χ0) is 11.7. The van der Waals surface area contributed by atoms with Crippen molar-refractivity contribution in [2.75, 3.05) is 6.54 Å². The number of azo groups is 2. The molecule has 0 fully saturated rings. The molecule has 17 heavy (non-hydrogen) atoms. The first-order chi connectivity index (χ1) is 8.34. The Bertz CT molecular complexity index is 508. The van der Waals surface area contributed by atoms with Gasteiger partial charge in [0.2, 0.25) is 0 Å². The Balaban J connectivity index is 1.76. The second kappa shape index (κ2) is 4.06. The van der Waals surface area contributed by atoms with Crippen LogP contribution in [0.5, 0.6) is 0 Å². The smallest absolute Gasteiger partial charge is 0.199 e. The van der Waals surface area contributed by atoms with Crippen molar-refractivity contribution in [1.29, 1.82) is 0 Å². The van der Waals surface area contributed by atoms with Crippen molar-refractivity contribution < 1.29 is 4.74 Å². The van der Waals surface area contributed by atoms with Crippen molar-refractivity contribution >= 4 is 0 Å². The van der Waals surface area contributed by atoms with Gasteiger partial charge in [-0.3, -0.25) is 0 Å². The summed E-state index contributed by atoms with van der Waals surface area (Å²) in [6.07, 6.45) is -0.808. The van der Waals surface area contributed by atoms with E-state index < -0.39 is 6.23 Å². The predicted molar refractivity (Wildman–Crippen MR) is 59.8 cm³/mol. The van der Waals surface area contributed by atoms with Crippen LogP contribution in [0.2, 0.25) is 0 Å². The molecule has 0 amide bonds. The number of nitrogens with zero attached hydrogens (tertiary/aromatic N) is 4. The summed E-state index contributed by atoms with van der Waals surface area (Å²) in [6, 6.07) is 9.73. The molecule has 0 bridgehead atoms. The highest BCUT2D eigenvalue weighted by Crippen LogP contribution is 2.31. The van der Waals surface area contributed by atoms with Gasteiger partial charge in [0.1, 0.15) is 0 Å². The van der Waals surface area contributed by atoms with E-state index in [9.17, 15) is 0 Å². The SMILES string of the molecule is NC1=C([C@@H]2N=N[C@@H](c3ccccc3)O2)CN=N1. The molecule has 2 aliphatic rings. The van der Waals surface area contributed by atoms with Crippen molar-refractivity contribution in [3.63, 3.8) is 0 Å². The van der Waals surface area contributed by atoms with Crippen LogP contribution in [0.4, 0.5) is 0 Å². The van der Waals surface area contributed by atoms with E-state index in [1.165, 1.54) is 0 Å². The molecule has 6 heteroatoms. The molecule has 0 saturated carbocycles. The lowest BCUT2D eigenvalue weighted by atomic mass is 10.2. The second-order valence-electron chi connectivity index (χ2n) is 3.79. The molecule has 0 aliphatic carbocycles. The molecule has 1 aromatic carbocycles. The molecular formula is C11H11N5O. The van der Waals surface area contributed by atoms with Crippen LogP contribution in [0.25, 0.3) is 0 Å². The Morgan fingerprint density at radius 3 is 2.59 bits per heavy atom. The van der Waals surface area contributed by atoms with Crippen LogP contribution >= 0.6 is 0 Å². The maximum atomic E-state index is 5.71. The first-order valence-corrected chi connectivity index (χ1v) is 5.31. The average molecular weight is 229 g/mol.